The standard InChI is InChI=1S/C12H18N2O3/c1-8-5-9(7-15)13-10(6-8)14-11(16)17-12(2,3)4/h5-6,15H,7H2,1-4H3,(H,13,14,16). The van der Waals surface area contributed by atoms with Gasteiger partial charge in [0.25, 0.3) is 0 Å². The molecule has 0 spiro atoms. The van der Waals surface area contributed by atoms with Crippen molar-refractivity contribution in [1.82, 2.24) is 4.98 Å². The van der Waals surface area contributed by atoms with Gasteiger partial charge in [0, 0.05) is 0 Å². The highest BCUT2D eigenvalue weighted by atomic mass is 16.6. The zero-order chi connectivity index (χ0) is 13.1. The fourth-order valence-corrected chi connectivity index (χ4v) is 1.29. The molecule has 0 fully saturated rings. The Kier molecular flexibility index (Phi) is 4.07. The molecule has 0 aliphatic heterocycles. The first-order valence-electron chi connectivity index (χ1n) is 5.38. The number of carbonyl (C=O) groups is 1. The lowest BCUT2D eigenvalue weighted by atomic mass is 10.2. The third kappa shape index (κ3) is 4.82. The molecule has 1 aromatic heterocycles. The Bertz CT molecular complexity index is 411. The summed E-state index contributed by atoms with van der Waals surface area (Å²) in [5, 5.41) is 11.5. The summed E-state index contributed by atoms with van der Waals surface area (Å²) in [5.41, 5.74) is 0.874. The smallest absolute Gasteiger partial charge is 0.413 e. The van der Waals surface area contributed by atoms with Crippen molar-refractivity contribution in [2.45, 2.75) is 39.9 Å². The first kappa shape index (κ1) is 13.4. The Balaban J connectivity index is 2.74. The fourth-order valence-electron chi connectivity index (χ4n) is 1.29. The number of aryl methyl sites for hydroxylation is 1. The summed E-state index contributed by atoms with van der Waals surface area (Å²) in [5.74, 6) is 0.378. The first-order chi connectivity index (χ1) is 7.80. The van der Waals surface area contributed by atoms with E-state index in [1.807, 2.05) is 6.92 Å². The molecule has 1 amide bonds. The Labute approximate surface area is 101 Å². The minimum Gasteiger partial charge on any atom is -0.444 e. The zero-order valence-corrected chi connectivity index (χ0v) is 10.6. The van der Waals surface area contributed by atoms with Gasteiger partial charge in [-0.2, -0.15) is 0 Å². The van der Waals surface area contributed by atoms with E-state index < -0.39 is 11.7 Å². The summed E-state index contributed by atoms with van der Waals surface area (Å²) in [4.78, 5) is 15.6. The second-order valence-corrected chi connectivity index (χ2v) is 4.81. The average molecular weight is 238 g/mol. The highest BCUT2D eigenvalue weighted by molar-refractivity contribution is 5.83. The molecule has 0 saturated heterocycles. The Morgan fingerprint density at radius 2 is 2.12 bits per heavy atom. The number of aliphatic hydroxyl groups excluding tert-OH is 1. The second kappa shape index (κ2) is 5.14. The van der Waals surface area contributed by atoms with Crippen molar-refractivity contribution in [2.75, 3.05) is 5.32 Å². The summed E-state index contributed by atoms with van der Waals surface area (Å²) < 4.78 is 5.10. The van der Waals surface area contributed by atoms with Gasteiger partial charge >= 0.3 is 6.09 Å². The lowest BCUT2D eigenvalue weighted by Crippen LogP contribution is -2.27. The monoisotopic (exact) mass is 238 g/mol. The predicted molar refractivity (Wildman–Crippen MR) is 64.8 cm³/mol. The quantitative estimate of drug-likeness (QED) is 0.828. The van der Waals surface area contributed by atoms with Crippen LogP contribution in [0.4, 0.5) is 10.6 Å². The molecule has 0 aromatic carbocycles. The normalized spacial score (nSPS) is 11.1. The predicted octanol–water partition coefficient (Wildman–Crippen LogP) is 2.23. The molecule has 0 aliphatic carbocycles. The van der Waals surface area contributed by atoms with Gasteiger partial charge in [-0.15, -0.1) is 0 Å². The van der Waals surface area contributed by atoms with Crippen molar-refractivity contribution >= 4 is 11.9 Å². The number of pyridine rings is 1. The van der Waals surface area contributed by atoms with E-state index in [1.54, 1.807) is 32.9 Å². The van der Waals surface area contributed by atoms with E-state index in [1.165, 1.54) is 0 Å². The van der Waals surface area contributed by atoms with E-state index in [0.29, 0.717) is 11.5 Å². The summed E-state index contributed by atoms with van der Waals surface area (Å²) >= 11 is 0. The highest BCUT2D eigenvalue weighted by Gasteiger charge is 2.16. The summed E-state index contributed by atoms with van der Waals surface area (Å²) in [6.07, 6.45) is -0.556. The van der Waals surface area contributed by atoms with Crippen LogP contribution in [0.2, 0.25) is 0 Å². The van der Waals surface area contributed by atoms with Gasteiger partial charge in [-0.3, -0.25) is 5.32 Å². The lowest BCUT2D eigenvalue weighted by Gasteiger charge is -2.19. The summed E-state index contributed by atoms with van der Waals surface area (Å²) in [6, 6.07) is 3.46. The largest absolute Gasteiger partial charge is 0.444 e. The molecule has 1 aromatic rings. The van der Waals surface area contributed by atoms with E-state index in [4.69, 9.17) is 9.84 Å². The topological polar surface area (TPSA) is 71.5 Å². The number of hydrogen-bond donors (Lipinski definition) is 2. The van der Waals surface area contributed by atoms with Gasteiger partial charge in [-0.05, 0) is 45.4 Å². The lowest BCUT2D eigenvalue weighted by molar-refractivity contribution is 0.0635. The minimum absolute atomic E-state index is 0.162. The molecule has 17 heavy (non-hydrogen) atoms. The third-order valence-electron chi connectivity index (χ3n) is 1.81. The molecule has 0 atom stereocenters. The van der Waals surface area contributed by atoms with Crippen molar-refractivity contribution in [3.63, 3.8) is 0 Å². The summed E-state index contributed by atoms with van der Waals surface area (Å²) in [7, 11) is 0. The second-order valence-electron chi connectivity index (χ2n) is 4.81. The molecule has 0 unspecified atom stereocenters. The van der Waals surface area contributed by atoms with Crippen LogP contribution in [-0.4, -0.2) is 21.8 Å². The van der Waals surface area contributed by atoms with Crippen LogP contribution in [0.15, 0.2) is 12.1 Å². The molecule has 2 N–H and O–H groups in total. The van der Waals surface area contributed by atoms with Crippen LogP contribution < -0.4 is 5.32 Å². The van der Waals surface area contributed by atoms with Gasteiger partial charge in [0.15, 0.2) is 0 Å². The molecule has 5 nitrogen and oxygen atoms in total. The van der Waals surface area contributed by atoms with Gasteiger partial charge < -0.3 is 9.84 Å². The van der Waals surface area contributed by atoms with E-state index in [0.717, 1.165) is 5.56 Å². The number of aliphatic hydroxyl groups is 1. The maximum atomic E-state index is 11.5. The molecular formula is C12H18N2O3. The van der Waals surface area contributed by atoms with Crippen LogP contribution >= 0.6 is 0 Å². The number of aromatic nitrogens is 1. The number of ether oxygens (including phenoxy) is 1. The Morgan fingerprint density at radius 3 is 2.65 bits per heavy atom. The van der Waals surface area contributed by atoms with E-state index in [2.05, 4.69) is 10.3 Å². The summed E-state index contributed by atoms with van der Waals surface area (Å²) in [6.45, 7) is 7.06. The maximum absolute atomic E-state index is 11.5. The van der Waals surface area contributed by atoms with Gasteiger partial charge in [0.2, 0.25) is 0 Å². The van der Waals surface area contributed by atoms with Crippen LogP contribution in [0, 0.1) is 6.92 Å². The van der Waals surface area contributed by atoms with Gasteiger partial charge in [-0.1, -0.05) is 0 Å². The first-order valence-corrected chi connectivity index (χ1v) is 5.38. The molecule has 1 heterocycles. The SMILES string of the molecule is Cc1cc(CO)nc(NC(=O)OC(C)(C)C)c1. The number of nitrogens with one attached hydrogen (secondary N) is 1. The number of rotatable bonds is 2. The Morgan fingerprint density at radius 1 is 1.47 bits per heavy atom. The minimum atomic E-state index is -0.556. The Hall–Kier alpha value is -1.62. The van der Waals surface area contributed by atoms with E-state index >= 15 is 0 Å². The van der Waals surface area contributed by atoms with Crippen molar-refractivity contribution < 1.29 is 14.6 Å². The third-order valence-corrected chi connectivity index (χ3v) is 1.81. The van der Waals surface area contributed by atoms with Crippen LogP contribution in [0.25, 0.3) is 0 Å². The van der Waals surface area contributed by atoms with Gasteiger partial charge in [0.05, 0.1) is 12.3 Å². The molecule has 5 heteroatoms. The van der Waals surface area contributed by atoms with Crippen molar-refractivity contribution in [1.29, 1.82) is 0 Å². The van der Waals surface area contributed by atoms with Gasteiger partial charge in [0.1, 0.15) is 11.4 Å². The molecule has 0 radical (unpaired) electrons. The molecule has 0 saturated carbocycles. The molecule has 1 rings (SSSR count). The molecule has 94 valence electrons. The van der Waals surface area contributed by atoms with E-state index in [9.17, 15) is 4.79 Å². The van der Waals surface area contributed by atoms with Crippen LogP contribution in [-0.2, 0) is 11.3 Å². The average Bonchev–Trinajstić information content (AvgIpc) is 2.13. The van der Waals surface area contributed by atoms with Crippen LogP contribution in [0.5, 0.6) is 0 Å². The maximum Gasteiger partial charge on any atom is 0.413 e. The number of hydrogen-bond acceptors (Lipinski definition) is 4. The number of anilines is 1. The van der Waals surface area contributed by atoms with Crippen molar-refractivity contribution in [3.05, 3.63) is 23.4 Å². The van der Waals surface area contributed by atoms with E-state index in [-0.39, 0.29) is 6.61 Å². The molecule has 0 aliphatic rings. The van der Waals surface area contributed by atoms with Crippen LogP contribution in [0.3, 0.4) is 0 Å². The van der Waals surface area contributed by atoms with Crippen molar-refractivity contribution in [2.24, 2.45) is 0 Å². The zero-order valence-electron chi connectivity index (χ0n) is 10.6. The van der Waals surface area contributed by atoms with Crippen molar-refractivity contribution in [3.8, 4) is 0 Å². The highest BCUT2D eigenvalue weighted by Crippen LogP contribution is 2.12. The van der Waals surface area contributed by atoms with Gasteiger partial charge in [-0.25, -0.2) is 9.78 Å². The number of nitrogens with zero attached hydrogens (tertiary/aromatic N) is 1. The number of amides is 1. The van der Waals surface area contributed by atoms with Crippen LogP contribution in [0.1, 0.15) is 32.0 Å². The molecular weight excluding hydrogens is 220 g/mol. The fraction of sp³-hybridized carbons (Fsp3) is 0.500. The number of carbonyl (C=O) groups excluding carboxylic acids is 1. The molecule has 0 bridgehead atoms.